The molecule has 0 saturated heterocycles. The fraction of sp³-hybridized carbons (Fsp3) is 1.00. The Hall–Kier alpha value is -0.120. The zero-order chi connectivity index (χ0) is 11.4. The van der Waals surface area contributed by atoms with Crippen molar-refractivity contribution in [2.45, 2.75) is 52.1 Å². The summed E-state index contributed by atoms with van der Waals surface area (Å²) in [5, 5.41) is 3.51. The van der Waals surface area contributed by atoms with Crippen LogP contribution in [0.4, 0.5) is 0 Å². The molecule has 0 spiro atoms. The van der Waals surface area contributed by atoms with Gasteiger partial charge in [0.15, 0.2) is 0 Å². The Labute approximate surface area is 88.6 Å². The first-order chi connectivity index (χ1) is 6.22. The molecule has 5 N–H and O–H groups in total. The van der Waals surface area contributed by atoms with Crippen LogP contribution in [0, 0.1) is 5.92 Å². The zero-order valence-electron chi connectivity index (χ0n) is 10.4. The van der Waals surface area contributed by atoms with Crippen LogP contribution in [0.25, 0.3) is 0 Å². The zero-order valence-corrected chi connectivity index (χ0v) is 10.4. The van der Waals surface area contributed by atoms with E-state index >= 15 is 0 Å². The Bertz CT molecular complexity index is 158. The highest BCUT2D eigenvalue weighted by Gasteiger charge is 2.34. The van der Waals surface area contributed by atoms with Gasteiger partial charge in [0.1, 0.15) is 0 Å². The van der Waals surface area contributed by atoms with E-state index in [9.17, 15) is 0 Å². The molecule has 0 amide bonds. The van der Waals surface area contributed by atoms with Crippen molar-refractivity contribution in [2.75, 3.05) is 13.1 Å². The van der Waals surface area contributed by atoms with Gasteiger partial charge in [0.05, 0.1) is 0 Å². The van der Waals surface area contributed by atoms with Crippen LogP contribution in [0.15, 0.2) is 0 Å². The third-order valence-electron chi connectivity index (χ3n) is 3.16. The second-order valence-electron chi connectivity index (χ2n) is 5.33. The molecule has 0 aromatic heterocycles. The molecular weight excluding hydrogens is 174 g/mol. The van der Waals surface area contributed by atoms with Gasteiger partial charge in [0.2, 0.25) is 0 Å². The summed E-state index contributed by atoms with van der Waals surface area (Å²) in [6, 6.07) is 0. The van der Waals surface area contributed by atoms with Gasteiger partial charge in [0, 0.05) is 11.1 Å². The molecule has 0 aromatic rings. The van der Waals surface area contributed by atoms with Crippen LogP contribution in [0.3, 0.4) is 0 Å². The highest BCUT2D eigenvalue weighted by Crippen LogP contribution is 2.25. The van der Waals surface area contributed by atoms with Gasteiger partial charge in [-0.25, -0.2) is 0 Å². The van der Waals surface area contributed by atoms with E-state index in [1.165, 1.54) is 0 Å². The SMILES string of the molecule is CC(C(C)(C)N)C(C)(C)NCCCN. The standard InChI is InChI=1S/C11H27N3/c1-9(10(2,3)13)11(4,5)14-8-6-7-12/h9,14H,6-8,12-13H2,1-5H3. The maximum absolute atomic E-state index is 6.10. The Kier molecular flexibility index (Phi) is 5.06. The van der Waals surface area contributed by atoms with Gasteiger partial charge in [-0.15, -0.1) is 0 Å². The van der Waals surface area contributed by atoms with E-state index in [0.29, 0.717) is 5.92 Å². The minimum absolute atomic E-state index is 0.0629. The molecule has 0 rings (SSSR count). The van der Waals surface area contributed by atoms with E-state index in [-0.39, 0.29) is 11.1 Å². The molecule has 3 heteroatoms. The van der Waals surface area contributed by atoms with Crippen LogP contribution >= 0.6 is 0 Å². The summed E-state index contributed by atoms with van der Waals surface area (Å²) >= 11 is 0. The molecule has 0 bridgehead atoms. The molecule has 0 saturated carbocycles. The van der Waals surface area contributed by atoms with Gasteiger partial charge in [-0.2, -0.15) is 0 Å². The van der Waals surface area contributed by atoms with Crippen LogP contribution in [-0.2, 0) is 0 Å². The Morgan fingerprint density at radius 2 is 1.71 bits per heavy atom. The second kappa shape index (κ2) is 5.10. The molecule has 0 fully saturated rings. The number of nitrogens with one attached hydrogen (secondary N) is 1. The molecule has 0 aliphatic carbocycles. The van der Waals surface area contributed by atoms with E-state index in [2.05, 4.69) is 39.9 Å². The van der Waals surface area contributed by atoms with Crippen LogP contribution in [0.1, 0.15) is 41.0 Å². The molecule has 1 unspecified atom stereocenters. The van der Waals surface area contributed by atoms with E-state index in [4.69, 9.17) is 11.5 Å². The largest absolute Gasteiger partial charge is 0.330 e. The van der Waals surface area contributed by atoms with Crippen molar-refractivity contribution in [1.82, 2.24) is 5.32 Å². The normalized spacial score (nSPS) is 15.6. The maximum atomic E-state index is 6.10. The number of hydrogen-bond acceptors (Lipinski definition) is 3. The number of rotatable bonds is 6. The summed E-state index contributed by atoms with van der Waals surface area (Å²) in [5.41, 5.74) is 11.5. The van der Waals surface area contributed by atoms with Crippen LogP contribution in [0.2, 0.25) is 0 Å². The lowest BCUT2D eigenvalue weighted by Gasteiger charge is -2.41. The topological polar surface area (TPSA) is 64.1 Å². The fourth-order valence-corrected chi connectivity index (χ4v) is 1.60. The predicted molar refractivity (Wildman–Crippen MR) is 63.2 cm³/mol. The molecule has 0 heterocycles. The average Bonchev–Trinajstić information content (AvgIpc) is 2.01. The van der Waals surface area contributed by atoms with Crippen LogP contribution in [-0.4, -0.2) is 24.2 Å². The third-order valence-corrected chi connectivity index (χ3v) is 3.16. The molecule has 3 nitrogen and oxygen atoms in total. The predicted octanol–water partition coefficient (Wildman–Crippen LogP) is 1.08. The number of hydrogen-bond donors (Lipinski definition) is 3. The molecule has 0 aliphatic heterocycles. The highest BCUT2D eigenvalue weighted by molar-refractivity contribution is 4.94. The lowest BCUT2D eigenvalue weighted by molar-refractivity contribution is 0.186. The van der Waals surface area contributed by atoms with E-state index in [0.717, 1.165) is 19.5 Å². The van der Waals surface area contributed by atoms with Crippen molar-refractivity contribution in [2.24, 2.45) is 17.4 Å². The lowest BCUT2D eigenvalue weighted by Crippen LogP contribution is -2.56. The first-order valence-electron chi connectivity index (χ1n) is 5.46. The van der Waals surface area contributed by atoms with E-state index in [1.54, 1.807) is 0 Å². The lowest BCUT2D eigenvalue weighted by atomic mass is 9.76. The van der Waals surface area contributed by atoms with Gasteiger partial charge in [-0.1, -0.05) is 6.92 Å². The highest BCUT2D eigenvalue weighted by atomic mass is 15.0. The molecule has 1 atom stereocenters. The fourth-order valence-electron chi connectivity index (χ4n) is 1.60. The van der Waals surface area contributed by atoms with Crippen molar-refractivity contribution in [1.29, 1.82) is 0 Å². The van der Waals surface area contributed by atoms with Crippen molar-refractivity contribution in [3.05, 3.63) is 0 Å². The summed E-state index contributed by atoms with van der Waals surface area (Å²) < 4.78 is 0. The average molecular weight is 201 g/mol. The molecule has 14 heavy (non-hydrogen) atoms. The van der Waals surface area contributed by atoms with Crippen molar-refractivity contribution in [3.8, 4) is 0 Å². The monoisotopic (exact) mass is 201 g/mol. The minimum atomic E-state index is -0.154. The first kappa shape index (κ1) is 13.9. The van der Waals surface area contributed by atoms with Gasteiger partial charge in [-0.05, 0) is 53.1 Å². The Morgan fingerprint density at radius 3 is 2.07 bits per heavy atom. The van der Waals surface area contributed by atoms with E-state index in [1.807, 2.05) is 0 Å². The minimum Gasteiger partial charge on any atom is -0.330 e. The van der Waals surface area contributed by atoms with E-state index < -0.39 is 0 Å². The summed E-state index contributed by atoms with van der Waals surface area (Å²) in [5.74, 6) is 0.410. The summed E-state index contributed by atoms with van der Waals surface area (Å²) in [7, 11) is 0. The van der Waals surface area contributed by atoms with Gasteiger partial charge >= 0.3 is 0 Å². The second-order valence-corrected chi connectivity index (χ2v) is 5.33. The molecule has 0 radical (unpaired) electrons. The van der Waals surface area contributed by atoms with Crippen LogP contribution in [0.5, 0.6) is 0 Å². The van der Waals surface area contributed by atoms with Gasteiger partial charge in [-0.3, -0.25) is 0 Å². The Morgan fingerprint density at radius 1 is 1.21 bits per heavy atom. The molecule has 0 aliphatic rings. The third kappa shape index (κ3) is 4.40. The van der Waals surface area contributed by atoms with Gasteiger partial charge < -0.3 is 16.8 Å². The van der Waals surface area contributed by atoms with Crippen molar-refractivity contribution < 1.29 is 0 Å². The molecule has 86 valence electrons. The van der Waals surface area contributed by atoms with Crippen molar-refractivity contribution >= 4 is 0 Å². The summed E-state index contributed by atoms with van der Waals surface area (Å²) in [4.78, 5) is 0. The molecule has 0 aromatic carbocycles. The smallest absolute Gasteiger partial charge is 0.0167 e. The maximum Gasteiger partial charge on any atom is 0.0167 e. The Balaban J connectivity index is 4.16. The van der Waals surface area contributed by atoms with Crippen LogP contribution < -0.4 is 16.8 Å². The first-order valence-corrected chi connectivity index (χ1v) is 5.46. The quantitative estimate of drug-likeness (QED) is 0.563. The molecular formula is C11H27N3. The van der Waals surface area contributed by atoms with Crippen molar-refractivity contribution in [3.63, 3.8) is 0 Å². The summed E-state index contributed by atoms with van der Waals surface area (Å²) in [6.07, 6.45) is 1.02. The number of nitrogens with two attached hydrogens (primary N) is 2. The van der Waals surface area contributed by atoms with Gasteiger partial charge in [0.25, 0.3) is 0 Å². The summed E-state index contributed by atoms with van der Waals surface area (Å²) in [6.45, 7) is 12.4.